The fraction of sp³-hybridized carbons (Fsp3) is 0.278. The van der Waals surface area contributed by atoms with Gasteiger partial charge in [-0.25, -0.2) is 4.39 Å². The molecule has 0 saturated carbocycles. The van der Waals surface area contributed by atoms with Crippen molar-refractivity contribution >= 4 is 27.5 Å². The van der Waals surface area contributed by atoms with Crippen LogP contribution in [-0.4, -0.2) is 29.6 Å². The highest BCUT2D eigenvalue weighted by Gasteiger charge is 2.29. The normalized spacial score (nSPS) is 12.2. The Kier molecular flexibility index (Phi) is 9.61. The number of hydrogen-bond donors (Lipinski definition) is 0. The van der Waals surface area contributed by atoms with Gasteiger partial charge in [0.25, 0.3) is 0 Å². The summed E-state index contributed by atoms with van der Waals surface area (Å²) in [5.41, 5.74) is 3.55. The van der Waals surface area contributed by atoms with E-state index in [1.807, 2.05) is 67.9 Å². The third-order valence-corrected chi connectivity index (χ3v) is 8.91. The first-order valence-corrected chi connectivity index (χ1v) is 15.4. The number of nitrogens with zero attached hydrogens (tertiary/aromatic N) is 2. The van der Waals surface area contributed by atoms with E-state index in [1.165, 1.54) is 24.3 Å². The van der Waals surface area contributed by atoms with Crippen LogP contribution in [0.1, 0.15) is 49.1 Å². The van der Waals surface area contributed by atoms with Gasteiger partial charge in [0.05, 0.1) is 24.6 Å². The second kappa shape index (κ2) is 13.6. The number of hydrogen-bond acceptors (Lipinski definition) is 6. The van der Waals surface area contributed by atoms with Gasteiger partial charge in [-0.05, 0) is 42.3 Å². The average Bonchev–Trinajstić information content (AvgIpc) is 3.38. The molecule has 228 valence electrons. The summed E-state index contributed by atoms with van der Waals surface area (Å²) in [5, 5.41) is 0.544. The molecule has 0 spiro atoms. The summed E-state index contributed by atoms with van der Waals surface area (Å²) in [5.74, 6) is -0.265. The third-order valence-electron chi connectivity index (χ3n) is 7.61. The summed E-state index contributed by atoms with van der Waals surface area (Å²) in [4.78, 5) is 30.5. The van der Waals surface area contributed by atoms with E-state index < -0.39 is 12.1 Å². The molecule has 0 saturated heterocycles. The standard InChI is InChI=1S/C36H37FN2O4S/c1-23(2)34(43-24(3)40)29-22-39(20-26-15-9-11-17-30(26)37)36-32(33(29)41)28(21-38(4)19-25-13-7-6-8-14-25)35(44-36)27-16-10-12-18-31(27)42-5/h6-18,22-23,34H,19-21H2,1-5H3. The minimum atomic E-state index is -0.763. The van der Waals surface area contributed by atoms with Gasteiger partial charge in [-0.2, -0.15) is 0 Å². The molecule has 0 aliphatic carbocycles. The number of carbonyl (C=O) groups is 1. The molecule has 0 amide bonds. The van der Waals surface area contributed by atoms with Crippen LogP contribution in [0.3, 0.4) is 0 Å². The first kappa shape index (κ1) is 31.2. The van der Waals surface area contributed by atoms with Crippen molar-refractivity contribution in [2.45, 2.75) is 46.5 Å². The summed E-state index contributed by atoms with van der Waals surface area (Å²) >= 11 is 1.49. The van der Waals surface area contributed by atoms with Gasteiger partial charge < -0.3 is 14.0 Å². The number of ether oxygens (including phenoxy) is 2. The molecule has 6 nitrogen and oxygen atoms in total. The van der Waals surface area contributed by atoms with Crippen LogP contribution in [0.25, 0.3) is 20.7 Å². The molecule has 0 aliphatic rings. The zero-order valence-corrected chi connectivity index (χ0v) is 26.5. The lowest BCUT2D eigenvalue weighted by Crippen LogP contribution is -2.25. The Bertz CT molecular complexity index is 1830. The maximum Gasteiger partial charge on any atom is 0.303 e. The van der Waals surface area contributed by atoms with E-state index in [2.05, 4.69) is 17.0 Å². The number of thiophene rings is 1. The fourth-order valence-corrected chi connectivity index (χ4v) is 6.92. The number of methoxy groups -OCH3 is 1. The molecule has 8 heteroatoms. The number of esters is 1. The number of rotatable bonds is 11. The van der Waals surface area contributed by atoms with Crippen molar-refractivity contribution in [2.75, 3.05) is 14.2 Å². The molecule has 2 aromatic heterocycles. The number of fused-ring (bicyclic) bond motifs is 1. The Morgan fingerprint density at radius 1 is 0.977 bits per heavy atom. The fourth-order valence-electron chi connectivity index (χ4n) is 5.61. The molecule has 0 fully saturated rings. The Morgan fingerprint density at radius 2 is 1.66 bits per heavy atom. The largest absolute Gasteiger partial charge is 0.496 e. The van der Waals surface area contributed by atoms with Gasteiger partial charge in [-0.1, -0.05) is 74.5 Å². The Labute approximate surface area is 261 Å². The number of aromatic nitrogens is 1. The maximum atomic E-state index is 15.0. The lowest BCUT2D eigenvalue weighted by atomic mass is 9.97. The van der Waals surface area contributed by atoms with Crippen LogP contribution in [0.4, 0.5) is 4.39 Å². The summed E-state index contributed by atoms with van der Waals surface area (Å²) < 4.78 is 28.4. The third kappa shape index (κ3) is 6.61. The summed E-state index contributed by atoms with van der Waals surface area (Å²) in [7, 11) is 3.66. The minimum absolute atomic E-state index is 0.164. The predicted octanol–water partition coefficient (Wildman–Crippen LogP) is 7.82. The van der Waals surface area contributed by atoms with Crippen LogP contribution >= 0.6 is 11.3 Å². The molecule has 44 heavy (non-hydrogen) atoms. The summed E-state index contributed by atoms with van der Waals surface area (Å²) in [6.45, 7) is 6.53. The van der Waals surface area contributed by atoms with Crippen molar-refractivity contribution in [3.8, 4) is 16.2 Å². The van der Waals surface area contributed by atoms with Gasteiger partial charge in [0, 0.05) is 42.2 Å². The summed E-state index contributed by atoms with van der Waals surface area (Å²) in [6, 6.07) is 24.6. The Hall–Kier alpha value is -4.27. The van der Waals surface area contributed by atoms with Gasteiger partial charge in [0.2, 0.25) is 0 Å². The minimum Gasteiger partial charge on any atom is -0.496 e. The number of halogens is 1. The molecule has 5 aromatic rings. The van der Waals surface area contributed by atoms with Crippen LogP contribution in [0.5, 0.6) is 5.75 Å². The van der Waals surface area contributed by atoms with Crippen LogP contribution in [-0.2, 0) is 29.2 Å². The topological polar surface area (TPSA) is 60.8 Å². The highest BCUT2D eigenvalue weighted by molar-refractivity contribution is 7.22. The number of pyridine rings is 1. The number of carbonyl (C=O) groups excluding carboxylic acids is 1. The molecule has 0 N–H and O–H groups in total. The second-order valence-electron chi connectivity index (χ2n) is 11.4. The first-order valence-electron chi connectivity index (χ1n) is 14.6. The van der Waals surface area contributed by atoms with Crippen LogP contribution in [0, 0.1) is 11.7 Å². The van der Waals surface area contributed by atoms with E-state index in [1.54, 1.807) is 31.5 Å². The van der Waals surface area contributed by atoms with Crippen LogP contribution in [0.2, 0.25) is 0 Å². The SMILES string of the molecule is COc1ccccc1-c1sc2c(c1CN(C)Cc1ccccc1)c(=O)c(C(OC(C)=O)C(C)C)cn2Cc1ccccc1F. The predicted molar refractivity (Wildman–Crippen MR) is 175 cm³/mol. The molecule has 3 aromatic carbocycles. The van der Waals surface area contributed by atoms with Gasteiger partial charge >= 0.3 is 5.97 Å². The zero-order valence-electron chi connectivity index (χ0n) is 25.7. The number of benzene rings is 3. The van der Waals surface area contributed by atoms with E-state index in [4.69, 9.17) is 9.47 Å². The van der Waals surface area contributed by atoms with E-state index in [-0.39, 0.29) is 23.7 Å². The molecule has 5 rings (SSSR count). The van der Waals surface area contributed by atoms with Gasteiger partial charge in [-0.3, -0.25) is 14.5 Å². The van der Waals surface area contributed by atoms with Crippen molar-refractivity contribution in [1.82, 2.24) is 9.47 Å². The summed E-state index contributed by atoms with van der Waals surface area (Å²) in [6.07, 6.45) is 0.978. The smallest absolute Gasteiger partial charge is 0.303 e. The van der Waals surface area contributed by atoms with E-state index in [0.717, 1.165) is 26.4 Å². The van der Waals surface area contributed by atoms with Gasteiger partial charge in [-0.15, -0.1) is 11.3 Å². The molecule has 1 unspecified atom stereocenters. The molecule has 0 radical (unpaired) electrons. The Balaban J connectivity index is 1.80. The quantitative estimate of drug-likeness (QED) is 0.142. The zero-order chi connectivity index (χ0) is 31.4. The van der Waals surface area contributed by atoms with E-state index >= 15 is 0 Å². The van der Waals surface area contributed by atoms with Gasteiger partial charge in [0.15, 0.2) is 5.43 Å². The molecular formula is C36H37FN2O4S. The molecule has 0 aliphatic heterocycles. The first-order chi connectivity index (χ1) is 21.2. The van der Waals surface area contributed by atoms with Crippen molar-refractivity contribution in [1.29, 1.82) is 0 Å². The lowest BCUT2D eigenvalue weighted by molar-refractivity contribution is -0.149. The second-order valence-corrected chi connectivity index (χ2v) is 12.4. The number of para-hydroxylation sites is 1. The Morgan fingerprint density at radius 3 is 2.34 bits per heavy atom. The van der Waals surface area contributed by atoms with Crippen molar-refractivity contribution in [3.63, 3.8) is 0 Å². The van der Waals surface area contributed by atoms with Gasteiger partial charge in [0.1, 0.15) is 22.5 Å². The maximum absolute atomic E-state index is 15.0. The lowest BCUT2D eigenvalue weighted by Gasteiger charge is -2.23. The average molecular weight is 613 g/mol. The highest BCUT2D eigenvalue weighted by atomic mass is 32.1. The van der Waals surface area contributed by atoms with Crippen LogP contribution < -0.4 is 10.2 Å². The van der Waals surface area contributed by atoms with Crippen LogP contribution in [0.15, 0.2) is 89.9 Å². The molecule has 0 bridgehead atoms. The molecular weight excluding hydrogens is 575 g/mol. The highest BCUT2D eigenvalue weighted by Crippen LogP contribution is 2.43. The van der Waals surface area contributed by atoms with Crippen molar-refractivity contribution in [3.05, 3.63) is 123 Å². The molecule has 1 atom stereocenters. The van der Waals surface area contributed by atoms with E-state index in [9.17, 15) is 14.0 Å². The molecule has 2 heterocycles. The van der Waals surface area contributed by atoms with Crippen molar-refractivity contribution < 1.29 is 18.7 Å². The van der Waals surface area contributed by atoms with E-state index in [0.29, 0.717) is 35.4 Å². The van der Waals surface area contributed by atoms with Crippen molar-refractivity contribution in [2.24, 2.45) is 5.92 Å². The monoisotopic (exact) mass is 612 g/mol.